The van der Waals surface area contributed by atoms with Crippen LogP contribution in [-0.2, 0) is 4.84 Å². The molecular weight excluding hydrogens is 262 g/mol. The Labute approximate surface area is 126 Å². The molecule has 1 atom stereocenters. The molecule has 2 aromatic rings. The van der Waals surface area contributed by atoms with Crippen molar-refractivity contribution >= 4 is 6.21 Å². The summed E-state index contributed by atoms with van der Waals surface area (Å²) < 4.78 is 5.13. The molecule has 2 rings (SSSR count). The van der Waals surface area contributed by atoms with Crippen molar-refractivity contribution in [1.29, 1.82) is 0 Å². The molecule has 0 bridgehead atoms. The summed E-state index contributed by atoms with van der Waals surface area (Å²) in [5, 5.41) is 4.13. The number of hydrogen-bond acceptors (Lipinski definition) is 3. The average Bonchev–Trinajstić information content (AvgIpc) is 2.55. The standard InChI is InChI=1S/C18H21NO2/c1-3-7-18(16-8-5-4-6-9-16)21-19-14-15-10-12-17(20-2)13-11-15/h4-6,8-14,18H,3,7H2,1-2H3/b19-14+/t18-/m0/s1. The average molecular weight is 283 g/mol. The fraction of sp³-hybridized carbons (Fsp3) is 0.278. The first kappa shape index (κ1) is 15.1. The van der Waals surface area contributed by atoms with E-state index < -0.39 is 0 Å². The summed E-state index contributed by atoms with van der Waals surface area (Å²) in [5.41, 5.74) is 2.14. The molecule has 0 spiro atoms. The van der Waals surface area contributed by atoms with Crippen LogP contribution in [-0.4, -0.2) is 13.3 Å². The molecule has 3 nitrogen and oxygen atoms in total. The summed E-state index contributed by atoms with van der Waals surface area (Å²) in [6.07, 6.45) is 3.73. The lowest BCUT2D eigenvalue weighted by molar-refractivity contribution is 0.0528. The minimum absolute atomic E-state index is 0.00528. The highest BCUT2D eigenvalue weighted by Crippen LogP contribution is 2.22. The Kier molecular flexibility index (Phi) is 5.83. The van der Waals surface area contributed by atoms with E-state index in [1.807, 2.05) is 42.5 Å². The first-order chi connectivity index (χ1) is 10.3. The van der Waals surface area contributed by atoms with Crippen molar-refractivity contribution < 1.29 is 9.57 Å². The van der Waals surface area contributed by atoms with Crippen molar-refractivity contribution in [2.75, 3.05) is 7.11 Å². The number of ether oxygens (including phenoxy) is 1. The second-order valence-corrected chi connectivity index (χ2v) is 4.80. The molecule has 0 aliphatic carbocycles. The Morgan fingerprint density at radius 1 is 1.05 bits per heavy atom. The van der Waals surface area contributed by atoms with Gasteiger partial charge in [-0.05, 0) is 41.8 Å². The molecule has 110 valence electrons. The number of rotatable bonds is 7. The van der Waals surface area contributed by atoms with Crippen LogP contribution in [0.4, 0.5) is 0 Å². The van der Waals surface area contributed by atoms with Crippen LogP contribution in [0.5, 0.6) is 5.75 Å². The van der Waals surface area contributed by atoms with Gasteiger partial charge in [-0.3, -0.25) is 0 Å². The van der Waals surface area contributed by atoms with E-state index in [4.69, 9.17) is 9.57 Å². The molecule has 0 aliphatic rings. The van der Waals surface area contributed by atoms with Crippen molar-refractivity contribution in [3.8, 4) is 5.75 Å². The largest absolute Gasteiger partial charge is 0.497 e. The lowest BCUT2D eigenvalue weighted by Crippen LogP contribution is -2.00. The van der Waals surface area contributed by atoms with Gasteiger partial charge in [-0.15, -0.1) is 0 Å². The minimum Gasteiger partial charge on any atom is -0.497 e. The number of oxime groups is 1. The van der Waals surface area contributed by atoms with Crippen LogP contribution in [0.15, 0.2) is 59.8 Å². The van der Waals surface area contributed by atoms with Crippen LogP contribution in [0.2, 0.25) is 0 Å². The van der Waals surface area contributed by atoms with Gasteiger partial charge in [0.1, 0.15) is 5.75 Å². The van der Waals surface area contributed by atoms with E-state index in [-0.39, 0.29) is 6.10 Å². The Bertz CT molecular complexity index is 549. The topological polar surface area (TPSA) is 30.8 Å². The SMILES string of the molecule is CCC[C@H](O/N=C/c1ccc(OC)cc1)c1ccccc1. The number of nitrogens with zero attached hydrogens (tertiary/aromatic N) is 1. The molecule has 0 saturated carbocycles. The van der Waals surface area contributed by atoms with Gasteiger partial charge < -0.3 is 9.57 Å². The lowest BCUT2D eigenvalue weighted by Gasteiger charge is -2.14. The number of methoxy groups -OCH3 is 1. The van der Waals surface area contributed by atoms with Gasteiger partial charge in [0.2, 0.25) is 0 Å². The van der Waals surface area contributed by atoms with Crippen LogP contribution in [0.3, 0.4) is 0 Å². The zero-order chi connectivity index (χ0) is 14.9. The van der Waals surface area contributed by atoms with E-state index >= 15 is 0 Å². The smallest absolute Gasteiger partial charge is 0.152 e. The van der Waals surface area contributed by atoms with Gasteiger partial charge in [-0.2, -0.15) is 0 Å². The summed E-state index contributed by atoms with van der Waals surface area (Å²) in [4.78, 5) is 5.67. The third-order valence-electron chi connectivity index (χ3n) is 3.23. The van der Waals surface area contributed by atoms with E-state index in [1.165, 1.54) is 0 Å². The molecule has 0 N–H and O–H groups in total. The van der Waals surface area contributed by atoms with Gasteiger partial charge in [0, 0.05) is 0 Å². The Morgan fingerprint density at radius 3 is 2.38 bits per heavy atom. The molecule has 21 heavy (non-hydrogen) atoms. The predicted octanol–water partition coefficient (Wildman–Crippen LogP) is 4.59. The zero-order valence-electron chi connectivity index (χ0n) is 12.5. The molecular formula is C18H21NO2. The quantitative estimate of drug-likeness (QED) is 0.550. The molecule has 2 aromatic carbocycles. The summed E-state index contributed by atoms with van der Waals surface area (Å²) >= 11 is 0. The Morgan fingerprint density at radius 2 is 1.76 bits per heavy atom. The molecule has 0 radical (unpaired) electrons. The van der Waals surface area contributed by atoms with Gasteiger partial charge in [0.25, 0.3) is 0 Å². The van der Waals surface area contributed by atoms with Gasteiger partial charge in [-0.25, -0.2) is 0 Å². The highest BCUT2D eigenvalue weighted by molar-refractivity contribution is 5.79. The van der Waals surface area contributed by atoms with Crippen LogP contribution in [0.1, 0.15) is 37.0 Å². The predicted molar refractivity (Wildman–Crippen MR) is 85.8 cm³/mol. The monoisotopic (exact) mass is 283 g/mol. The number of benzene rings is 2. The van der Waals surface area contributed by atoms with Gasteiger partial charge in [0.15, 0.2) is 6.10 Å². The first-order valence-corrected chi connectivity index (χ1v) is 7.21. The van der Waals surface area contributed by atoms with Crippen molar-refractivity contribution in [3.63, 3.8) is 0 Å². The molecule has 3 heteroatoms. The van der Waals surface area contributed by atoms with E-state index in [0.29, 0.717) is 0 Å². The fourth-order valence-corrected chi connectivity index (χ4v) is 2.06. The highest BCUT2D eigenvalue weighted by atomic mass is 16.6. The van der Waals surface area contributed by atoms with E-state index in [1.54, 1.807) is 13.3 Å². The fourth-order valence-electron chi connectivity index (χ4n) is 2.06. The van der Waals surface area contributed by atoms with Crippen LogP contribution in [0.25, 0.3) is 0 Å². The molecule has 0 saturated heterocycles. The van der Waals surface area contributed by atoms with Crippen molar-refractivity contribution in [1.82, 2.24) is 0 Å². The summed E-state index contributed by atoms with van der Waals surface area (Å²) in [7, 11) is 1.65. The maximum Gasteiger partial charge on any atom is 0.152 e. The lowest BCUT2D eigenvalue weighted by atomic mass is 10.1. The molecule has 0 fully saturated rings. The van der Waals surface area contributed by atoms with Gasteiger partial charge >= 0.3 is 0 Å². The summed E-state index contributed by atoms with van der Waals surface area (Å²) in [5.74, 6) is 0.834. The normalized spacial score (nSPS) is 12.3. The first-order valence-electron chi connectivity index (χ1n) is 7.21. The molecule has 0 heterocycles. The Hall–Kier alpha value is -2.29. The molecule has 0 aliphatic heterocycles. The minimum atomic E-state index is 0.00528. The van der Waals surface area contributed by atoms with E-state index in [0.717, 1.165) is 29.7 Å². The second-order valence-electron chi connectivity index (χ2n) is 4.80. The van der Waals surface area contributed by atoms with E-state index in [2.05, 4.69) is 24.2 Å². The van der Waals surface area contributed by atoms with Crippen LogP contribution >= 0.6 is 0 Å². The van der Waals surface area contributed by atoms with Crippen LogP contribution in [0, 0.1) is 0 Å². The zero-order valence-corrected chi connectivity index (χ0v) is 12.5. The van der Waals surface area contributed by atoms with Crippen LogP contribution < -0.4 is 4.74 Å². The maximum atomic E-state index is 5.67. The molecule has 0 unspecified atom stereocenters. The van der Waals surface area contributed by atoms with Gasteiger partial charge in [0.05, 0.1) is 13.3 Å². The summed E-state index contributed by atoms with van der Waals surface area (Å²) in [6, 6.07) is 17.9. The highest BCUT2D eigenvalue weighted by Gasteiger charge is 2.10. The van der Waals surface area contributed by atoms with Crippen molar-refractivity contribution in [2.24, 2.45) is 5.16 Å². The Balaban J connectivity index is 1.99. The maximum absolute atomic E-state index is 5.67. The molecule has 0 aromatic heterocycles. The van der Waals surface area contributed by atoms with Crippen molar-refractivity contribution in [3.05, 3.63) is 65.7 Å². The summed E-state index contributed by atoms with van der Waals surface area (Å²) in [6.45, 7) is 2.15. The second kappa shape index (κ2) is 8.10. The van der Waals surface area contributed by atoms with E-state index in [9.17, 15) is 0 Å². The third-order valence-corrected chi connectivity index (χ3v) is 3.23. The molecule has 0 amide bonds. The number of hydrogen-bond donors (Lipinski definition) is 0. The third kappa shape index (κ3) is 4.63. The van der Waals surface area contributed by atoms with Crippen molar-refractivity contribution in [2.45, 2.75) is 25.9 Å². The van der Waals surface area contributed by atoms with Gasteiger partial charge in [-0.1, -0.05) is 48.8 Å².